The number of carbonyl (C=O) groups is 1. The van der Waals surface area contributed by atoms with E-state index in [1.165, 1.54) is 5.56 Å². The number of benzene rings is 2. The highest BCUT2D eigenvalue weighted by molar-refractivity contribution is 7.80. The number of carbonyl (C=O) groups excluding carboxylic acids is 1. The Morgan fingerprint density at radius 2 is 1.77 bits per heavy atom. The number of hydrogen-bond acceptors (Lipinski definition) is 3. The number of hydrazine groups is 1. The van der Waals surface area contributed by atoms with Gasteiger partial charge in [0.05, 0.1) is 13.0 Å². The molecule has 0 saturated carbocycles. The number of thiocarbonyl (C=S) groups is 1. The molecule has 0 fully saturated rings. The van der Waals surface area contributed by atoms with Crippen LogP contribution in [0.5, 0.6) is 5.75 Å². The SMILES string of the molecule is Cc1ccccc1OCCC(=O)NNC(=S)Nc1ccc(C(C)C)cc1. The molecule has 6 heteroatoms. The number of hydrogen-bond donors (Lipinski definition) is 3. The molecule has 0 aliphatic carbocycles. The van der Waals surface area contributed by atoms with Crippen molar-refractivity contribution in [1.82, 2.24) is 10.9 Å². The fourth-order valence-corrected chi connectivity index (χ4v) is 2.44. The predicted molar refractivity (Wildman–Crippen MR) is 109 cm³/mol. The molecule has 0 aromatic heterocycles. The number of nitrogens with one attached hydrogen (secondary N) is 3. The maximum atomic E-state index is 11.9. The lowest BCUT2D eigenvalue weighted by Gasteiger charge is -2.13. The van der Waals surface area contributed by atoms with Gasteiger partial charge in [-0.2, -0.15) is 0 Å². The van der Waals surface area contributed by atoms with Crippen molar-refractivity contribution < 1.29 is 9.53 Å². The van der Waals surface area contributed by atoms with Gasteiger partial charge in [-0.15, -0.1) is 0 Å². The molecule has 0 aliphatic rings. The van der Waals surface area contributed by atoms with Gasteiger partial charge in [0.15, 0.2) is 5.11 Å². The summed E-state index contributed by atoms with van der Waals surface area (Å²) in [7, 11) is 0. The second-order valence-electron chi connectivity index (χ2n) is 6.27. The molecule has 0 heterocycles. The Morgan fingerprint density at radius 1 is 1.08 bits per heavy atom. The van der Waals surface area contributed by atoms with E-state index in [2.05, 4.69) is 42.1 Å². The highest BCUT2D eigenvalue weighted by atomic mass is 32.1. The Morgan fingerprint density at radius 3 is 2.42 bits per heavy atom. The zero-order valence-electron chi connectivity index (χ0n) is 15.3. The summed E-state index contributed by atoms with van der Waals surface area (Å²) in [6, 6.07) is 15.7. The zero-order chi connectivity index (χ0) is 18.9. The standard InChI is InChI=1S/C20H25N3O2S/c1-14(2)16-8-10-17(11-9-16)21-20(26)23-22-19(24)12-13-25-18-7-5-4-6-15(18)3/h4-11,14H,12-13H2,1-3H3,(H,22,24)(H2,21,23,26). The minimum Gasteiger partial charge on any atom is -0.493 e. The molecule has 1 amide bonds. The minimum absolute atomic E-state index is 0.196. The van der Waals surface area contributed by atoms with E-state index in [1.807, 2.05) is 43.3 Å². The van der Waals surface area contributed by atoms with Crippen LogP contribution in [0.1, 0.15) is 37.3 Å². The van der Waals surface area contributed by atoms with Crippen molar-refractivity contribution in [2.75, 3.05) is 11.9 Å². The van der Waals surface area contributed by atoms with Crippen LogP contribution in [0.2, 0.25) is 0 Å². The van der Waals surface area contributed by atoms with Gasteiger partial charge >= 0.3 is 0 Å². The molecule has 2 rings (SSSR count). The van der Waals surface area contributed by atoms with E-state index < -0.39 is 0 Å². The monoisotopic (exact) mass is 371 g/mol. The third-order valence-electron chi connectivity index (χ3n) is 3.83. The Labute approximate surface area is 160 Å². The first-order valence-electron chi connectivity index (χ1n) is 8.60. The molecular weight excluding hydrogens is 346 g/mol. The van der Waals surface area contributed by atoms with Gasteiger partial charge in [0.25, 0.3) is 0 Å². The summed E-state index contributed by atoms with van der Waals surface area (Å²) in [5.41, 5.74) is 8.42. The van der Waals surface area contributed by atoms with Crippen LogP contribution in [-0.2, 0) is 4.79 Å². The minimum atomic E-state index is -0.196. The molecule has 0 atom stereocenters. The van der Waals surface area contributed by atoms with Crippen molar-refractivity contribution in [3.63, 3.8) is 0 Å². The maximum absolute atomic E-state index is 11.9. The first-order chi connectivity index (χ1) is 12.5. The number of para-hydroxylation sites is 1. The number of anilines is 1. The van der Waals surface area contributed by atoms with E-state index in [0.29, 0.717) is 17.6 Å². The lowest BCUT2D eigenvalue weighted by atomic mass is 10.0. The third-order valence-corrected chi connectivity index (χ3v) is 4.04. The molecule has 26 heavy (non-hydrogen) atoms. The van der Waals surface area contributed by atoms with Crippen molar-refractivity contribution in [3.05, 3.63) is 59.7 Å². The topological polar surface area (TPSA) is 62.4 Å². The maximum Gasteiger partial charge on any atom is 0.241 e. The van der Waals surface area contributed by atoms with Gasteiger partial charge in [-0.25, -0.2) is 0 Å². The van der Waals surface area contributed by atoms with Crippen molar-refractivity contribution in [3.8, 4) is 5.75 Å². The first-order valence-corrected chi connectivity index (χ1v) is 9.00. The largest absolute Gasteiger partial charge is 0.493 e. The van der Waals surface area contributed by atoms with E-state index in [4.69, 9.17) is 17.0 Å². The molecule has 2 aromatic rings. The van der Waals surface area contributed by atoms with E-state index in [0.717, 1.165) is 17.0 Å². The predicted octanol–water partition coefficient (Wildman–Crippen LogP) is 3.91. The van der Waals surface area contributed by atoms with E-state index in [1.54, 1.807) is 0 Å². The zero-order valence-corrected chi connectivity index (χ0v) is 16.2. The van der Waals surface area contributed by atoms with Crippen LogP contribution < -0.4 is 20.9 Å². The normalized spacial score (nSPS) is 10.3. The summed E-state index contributed by atoms with van der Waals surface area (Å²) < 4.78 is 5.60. The average molecular weight is 372 g/mol. The number of amides is 1. The number of ether oxygens (including phenoxy) is 1. The molecule has 0 unspecified atom stereocenters. The van der Waals surface area contributed by atoms with Gasteiger partial charge in [-0.05, 0) is 54.4 Å². The van der Waals surface area contributed by atoms with Crippen LogP contribution in [0, 0.1) is 6.92 Å². The molecule has 0 radical (unpaired) electrons. The lowest BCUT2D eigenvalue weighted by molar-refractivity contribution is -0.122. The molecule has 0 spiro atoms. The Kier molecular flexibility index (Phi) is 7.41. The van der Waals surface area contributed by atoms with Crippen LogP contribution in [0.3, 0.4) is 0 Å². The lowest BCUT2D eigenvalue weighted by Crippen LogP contribution is -2.44. The molecule has 138 valence electrons. The van der Waals surface area contributed by atoms with Gasteiger partial charge in [-0.3, -0.25) is 15.6 Å². The van der Waals surface area contributed by atoms with Gasteiger partial charge in [0.2, 0.25) is 5.91 Å². The van der Waals surface area contributed by atoms with Crippen molar-refractivity contribution in [2.45, 2.75) is 33.1 Å². The third kappa shape index (κ3) is 6.37. The Balaban J connectivity index is 1.68. The van der Waals surface area contributed by atoms with Crippen LogP contribution in [0.4, 0.5) is 5.69 Å². The van der Waals surface area contributed by atoms with Crippen LogP contribution in [0.25, 0.3) is 0 Å². The molecule has 0 aliphatic heterocycles. The van der Waals surface area contributed by atoms with Crippen LogP contribution in [-0.4, -0.2) is 17.6 Å². The average Bonchev–Trinajstić information content (AvgIpc) is 2.62. The molecule has 0 bridgehead atoms. The van der Waals surface area contributed by atoms with Crippen LogP contribution in [0.15, 0.2) is 48.5 Å². The van der Waals surface area contributed by atoms with E-state index in [9.17, 15) is 4.79 Å². The van der Waals surface area contributed by atoms with Crippen molar-refractivity contribution >= 4 is 28.9 Å². The van der Waals surface area contributed by atoms with Gasteiger partial charge < -0.3 is 10.1 Å². The molecular formula is C20H25N3O2S. The second kappa shape index (κ2) is 9.77. The number of rotatable bonds is 6. The summed E-state index contributed by atoms with van der Waals surface area (Å²) in [5, 5.41) is 3.36. The summed E-state index contributed by atoms with van der Waals surface area (Å²) in [6.45, 7) is 6.56. The Bertz CT molecular complexity index is 745. The van der Waals surface area contributed by atoms with Gasteiger partial charge in [0, 0.05) is 5.69 Å². The molecule has 5 nitrogen and oxygen atoms in total. The molecule has 0 saturated heterocycles. The quantitative estimate of drug-likeness (QED) is 0.531. The van der Waals surface area contributed by atoms with Gasteiger partial charge in [0.1, 0.15) is 5.75 Å². The van der Waals surface area contributed by atoms with Crippen LogP contribution >= 0.6 is 12.2 Å². The van der Waals surface area contributed by atoms with Gasteiger partial charge in [-0.1, -0.05) is 44.2 Å². The fourth-order valence-electron chi connectivity index (χ4n) is 2.27. The molecule has 2 aromatic carbocycles. The first kappa shape index (κ1) is 19.7. The van der Waals surface area contributed by atoms with Crippen molar-refractivity contribution in [2.24, 2.45) is 0 Å². The second-order valence-corrected chi connectivity index (χ2v) is 6.68. The highest BCUT2D eigenvalue weighted by Crippen LogP contribution is 2.17. The summed E-state index contributed by atoms with van der Waals surface area (Å²) in [4.78, 5) is 11.9. The number of aryl methyl sites for hydroxylation is 1. The summed E-state index contributed by atoms with van der Waals surface area (Å²) >= 11 is 5.18. The molecule has 3 N–H and O–H groups in total. The van der Waals surface area contributed by atoms with E-state index >= 15 is 0 Å². The van der Waals surface area contributed by atoms with Crippen molar-refractivity contribution in [1.29, 1.82) is 0 Å². The summed E-state index contributed by atoms with van der Waals surface area (Å²) in [5.74, 6) is 1.07. The van der Waals surface area contributed by atoms with E-state index in [-0.39, 0.29) is 12.3 Å². The Hall–Kier alpha value is -2.60. The smallest absolute Gasteiger partial charge is 0.241 e. The highest BCUT2D eigenvalue weighted by Gasteiger charge is 2.05. The fraction of sp³-hybridized carbons (Fsp3) is 0.300. The summed E-state index contributed by atoms with van der Waals surface area (Å²) in [6.07, 6.45) is 0.229.